The molecule has 0 unspecified atom stereocenters. The van der Waals surface area contributed by atoms with E-state index in [1.165, 1.54) is 0 Å². The molecule has 18 heavy (non-hydrogen) atoms. The normalized spacial score (nSPS) is 10.7. The predicted molar refractivity (Wildman–Crippen MR) is 73.1 cm³/mol. The van der Waals surface area contributed by atoms with Gasteiger partial charge in [0.05, 0.1) is 18.3 Å². The van der Waals surface area contributed by atoms with Crippen LogP contribution >= 0.6 is 11.6 Å². The summed E-state index contributed by atoms with van der Waals surface area (Å²) in [5.74, 6) is 0.682. The van der Waals surface area contributed by atoms with Gasteiger partial charge in [-0.15, -0.1) is 0 Å². The Balaban J connectivity index is 2.50. The number of nitrogens with zero attached hydrogens (tertiary/aromatic N) is 1. The number of aromatic nitrogens is 2. The van der Waals surface area contributed by atoms with Gasteiger partial charge in [0.1, 0.15) is 5.75 Å². The minimum absolute atomic E-state index is 0.581. The van der Waals surface area contributed by atoms with Crippen LogP contribution in [0.3, 0.4) is 0 Å². The number of aryl methyl sites for hydroxylation is 1. The van der Waals surface area contributed by atoms with E-state index in [1.54, 1.807) is 13.3 Å². The summed E-state index contributed by atoms with van der Waals surface area (Å²) in [4.78, 5) is 0. The molecule has 0 spiro atoms. The van der Waals surface area contributed by atoms with Gasteiger partial charge in [0, 0.05) is 17.7 Å². The molecule has 2 rings (SSSR count). The van der Waals surface area contributed by atoms with Crippen LogP contribution in [0.4, 0.5) is 0 Å². The molecule has 0 amide bonds. The molecular weight excluding hydrogens is 250 g/mol. The van der Waals surface area contributed by atoms with E-state index in [9.17, 15) is 0 Å². The highest BCUT2D eigenvalue weighted by atomic mass is 35.5. The smallest absolute Gasteiger partial charge is 0.137 e. The molecule has 0 aliphatic heterocycles. The van der Waals surface area contributed by atoms with Crippen LogP contribution in [0.15, 0.2) is 18.3 Å². The standard InChI is InChI=1S/C13H16ClN3O/c1-8-5-13(18-2)11(14)6-9(8)10-7-16-17-12(10)3-4-15/h5-7H,3-4,15H2,1-2H3,(H,16,17). The lowest BCUT2D eigenvalue weighted by atomic mass is 10.00. The Labute approximate surface area is 111 Å². The van der Waals surface area contributed by atoms with Crippen LogP contribution in [0.1, 0.15) is 11.3 Å². The summed E-state index contributed by atoms with van der Waals surface area (Å²) in [7, 11) is 1.61. The van der Waals surface area contributed by atoms with E-state index in [0.717, 1.165) is 28.8 Å². The molecule has 0 radical (unpaired) electrons. The fourth-order valence-corrected chi connectivity index (χ4v) is 2.22. The zero-order valence-electron chi connectivity index (χ0n) is 10.5. The van der Waals surface area contributed by atoms with Crippen molar-refractivity contribution in [2.75, 3.05) is 13.7 Å². The van der Waals surface area contributed by atoms with Crippen molar-refractivity contribution in [3.8, 4) is 16.9 Å². The topological polar surface area (TPSA) is 63.9 Å². The molecule has 0 aliphatic rings. The van der Waals surface area contributed by atoms with Crippen molar-refractivity contribution in [2.45, 2.75) is 13.3 Å². The molecule has 0 saturated heterocycles. The average molecular weight is 266 g/mol. The van der Waals surface area contributed by atoms with Gasteiger partial charge in [0.15, 0.2) is 0 Å². The van der Waals surface area contributed by atoms with Crippen molar-refractivity contribution in [1.82, 2.24) is 10.2 Å². The summed E-state index contributed by atoms with van der Waals surface area (Å²) in [5, 5.41) is 7.65. The van der Waals surface area contributed by atoms with E-state index < -0.39 is 0 Å². The van der Waals surface area contributed by atoms with Crippen LogP contribution in [0.25, 0.3) is 11.1 Å². The van der Waals surface area contributed by atoms with Crippen LogP contribution in [0, 0.1) is 6.92 Å². The van der Waals surface area contributed by atoms with Crippen molar-refractivity contribution in [3.63, 3.8) is 0 Å². The molecule has 1 heterocycles. The zero-order valence-corrected chi connectivity index (χ0v) is 11.2. The van der Waals surface area contributed by atoms with E-state index in [1.807, 2.05) is 19.1 Å². The Morgan fingerprint density at radius 3 is 2.83 bits per heavy atom. The third-order valence-electron chi connectivity index (χ3n) is 2.90. The molecule has 0 saturated carbocycles. The van der Waals surface area contributed by atoms with E-state index in [0.29, 0.717) is 17.3 Å². The molecule has 0 atom stereocenters. The molecule has 3 N–H and O–H groups in total. The third-order valence-corrected chi connectivity index (χ3v) is 3.20. The highest BCUT2D eigenvalue weighted by Crippen LogP contribution is 2.34. The molecule has 0 aliphatic carbocycles. The van der Waals surface area contributed by atoms with Gasteiger partial charge in [-0.2, -0.15) is 5.10 Å². The minimum Gasteiger partial charge on any atom is -0.495 e. The van der Waals surface area contributed by atoms with Crippen molar-refractivity contribution in [1.29, 1.82) is 0 Å². The second-order valence-corrected chi connectivity index (χ2v) is 4.51. The van der Waals surface area contributed by atoms with Crippen molar-refractivity contribution >= 4 is 11.6 Å². The summed E-state index contributed by atoms with van der Waals surface area (Å²) in [6, 6.07) is 3.83. The number of hydrogen-bond acceptors (Lipinski definition) is 3. The second-order valence-electron chi connectivity index (χ2n) is 4.10. The fourth-order valence-electron chi connectivity index (χ4n) is 1.98. The van der Waals surface area contributed by atoms with Gasteiger partial charge in [0.2, 0.25) is 0 Å². The van der Waals surface area contributed by atoms with Crippen molar-refractivity contribution < 1.29 is 4.74 Å². The van der Waals surface area contributed by atoms with Gasteiger partial charge < -0.3 is 10.5 Å². The molecule has 1 aromatic heterocycles. The number of ether oxygens (including phenoxy) is 1. The summed E-state index contributed by atoms with van der Waals surface area (Å²) in [5.41, 5.74) is 9.81. The number of H-pyrrole nitrogens is 1. The third kappa shape index (κ3) is 2.35. The SMILES string of the molecule is COc1cc(C)c(-c2cn[nH]c2CCN)cc1Cl. The molecule has 0 fully saturated rings. The number of aromatic amines is 1. The van der Waals surface area contributed by atoms with Gasteiger partial charge in [-0.05, 0) is 36.7 Å². The summed E-state index contributed by atoms with van der Waals surface area (Å²) < 4.78 is 5.20. The monoisotopic (exact) mass is 265 g/mol. The van der Waals surface area contributed by atoms with Crippen molar-refractivity contribution in [2.24, 2.45) is 5.73 Å². The zero-order chi connectivity index (χ0) is 13.1. The molecule has 0 bridgehead atoms. The maximum atomic E-state index is 6.17. The van der Waals surface area contributed by atoms with E-state index in [-0.39, 0.29) is 0 Å². The maximum absolute atomic E-state index is 6.17. The first-order chi connectivity index (χ1) is 8.67. The average Bonchev–Trinajstić information content (AvgIpc) is 2.80. The summed E-state index contributed by atoms with van der Waals surface area (Å²) >= 11 is 6.17. The van der Waals surface area contributed by atoms with Crippen LogP contribution in [-0.4, -0.2) is 23.9 Å². The quantitative estimate of drug-likeness (QED) is 0.893. The Kier molecular flexibility index (Phi) is 3.89. The molecule has 2 aromatic rings. The molecule has 4 nitrogen and oxygen atoms in total. The van der Waals surface area contributed by atoms with Gasteiger partial charge in [-0.25, -0.2) is 0 Å². The van der Waals surface area contributed by atoms with Crippen LogP contribution in [-0.2, 0) is 6.42 Å². The lowest BCUT2D eigenvalue weighted by Crippen LogP contribution is -2.04. The van der Waals surface area contributed by atoms with Crippen molar-refractivity contribution in [3.05, 3.63) is 34.6 Å². The molecule has 1 aromatic carbocycles. The van der Waals surface area contributed by atoms with Gasteiger partial charge in [-0.1, -0.05) is 11.6 Å². The lowest BCUT2D eigenvalue weighted by molar-refractivity contribution is 0.415. The second kappa shape index (κ2) is 5.42. The van der Waals surface area contributed by atoms with Gasteiger partial charge in [-0.3, -0.25) is 5.10 Å². The first kappa shape index (κ1) is 12.9. The van der Waals surface area contributed by atoms with E-state index in [2.05, 4.69) is 10.2 Å². The van der Waals surface area contributed by atoms with E-state index >= 15 is 0 Å². The van der Waals surface area contributed by atoms with Crippen LogP contribution in [0.2, 0.25) is 5.02 Å². The Morgan fingerprint density at radius 1 is 1.39 bits per heavy atom. The highest BCUT2D eigenvalue weighted by molar-refractivity contribution is 6.32. The predicted octanol–water partition coefficient (Wildman–Crippen LogP) is 2.55. The number of methoxy groups -OCH3 is 1. The Hall–Kier alpha value is -1.52. The minimum atomic E-state index is 0.581. The number of hydrogen-bond donors (Lipinski definition) is 2. The summed E-state index contributed by atoms with van der Waals surface area (Å²) in [6.07, 6.45) is 2.56. The lowest BCUT2D eigenvalue weighted by Gasteiger charge is -2.10. The van der Waals surface area contributed by atoms with E-state index in [4.69, 9.17) is 22.1 Å². The Bertz CT molecular complexity index is 551. The fraction of sp³-hybridized carbons (Fsp3) is 0.308. The van der Waals surface area contributed by atoms with Gasteiger partial charge >= 0.3 is 0 Å². The summed E-state index contributed by atoms with van der Waals surface area (Å²) in [6.45, 7) is 2.60. The molecule has 96 valence electrons. The largest absolute Gasteiger partial charge is 0.495 e. The highest BCUT2D eigenvalue weighted by Gasteiger charge is 2.12. The van der Waals surface area contributed by atoms with Gasteiger partial charge in [0.25, 0.3) is 0 Å². The van der Waals surface area contributed by atoms with Crippen LogP contribution in [0.5, 0.6) is 5.75 Å². The number of nitrogens with one attached hydrogen (secondary N) is 1. The first-order valence-corrected chi connectivity index (χ1v) is 6.12. The van der Waals surface area contributed by atoms with Crippen LogP contribution < -0.4 is 10.5 Å². The maximum Gasteiger partial charge on any atom is 0.137 e. The molecular formula is C13H16ClN3O. The first-order valence-electron chi connectivity index (χ1n) is 5.74. The number of nitrogens with two attached hydrogens (primary N) is 1. The number of halogens is 1. The molecule has 5 heteroatoms. The number of rotatable bonds is 4. The number of benzene rings is 1. The Morgan fingerprint density at radius 2 is 2.17 bits per heavy atom.